The number of oxazole rings is 1. The molecule has 0 unspecified atom stereocenters. The minimum Gasteiger partial charge on any atom is -0.454 e. The molecule has 8 nitrogen and oxygen atoms in total. The number of nitrogens with one attached hydrogen (secondary N) is 2. The van der Waals surface area contributed by atoms with Crippen LogP contribution in [0.25, 0.3) is 11.5 Å². The van der Waals surface area contributed by atoms with E-state index < -0.39 is 6.61 Å². The van der Waals surface area contributed by atoms with Crippen LogP contribution in [0.5, 0.6) is 17.2 Å². The molecule has 2 aromatic carbocycles. The molecule has 11 heteroatoms. The molecule has 3 aromatic rings. The Labute approximate surface area is 206 Å². The standard InChI is InChI=1S/C22H22F2N4O4.HI/c1-2-25-22(27-11-16-12-29-20(28-16)14-6-4-3-5-7-14)26-10-15-8-18-19(31-13-30-18)9-17(15)32-21(23)24;/h3-9,12,21H,2,10-11,13H2,1H3,(H2,25,26,27);1H. The molecule has 1 aromatic heterocycles. The summed E-state index contributed by atoms with van der Waals surface area (Å²) in [7, 11) is 0. The van der Waals surface area contributed by atoms with Crippen LogP contribution in [0.3, 0.4) is 0 Å². The molecule has 0 fully saturated rings. The van der Waals surface area contributed by atoms with Crippen LogP contribution in [0.15, 0.2) is 58.1 Å². The lowest BCUT2D eigenvalue weighted by Gasteiger charge is -2.13. The van der Waals surface area contributed by atoms with Crippen molar-refractivity contribution in [3.63, 3.8) is 0 Å². The van der Waals surface area contributed by atoms with Crippen LogP contribution >= 0.6 is 24.0 Å². The number of aliphatic imine (C=N–C) groups is 1. The van der Waals surface area contributed by atoms with Gasteiger partial charge in [0, 0.05) is 23.7 Å². The predicted octanol–water partition coefficient (Wildman–Crippen LogP) is 4.55. The van der Waals surface area contributed by atoms with Gasteiger partial charge in [-0.3, -0.25) is 0 Å². The van der Waals surface area contributed by atoms with E-state index in [1.807, 2.05) is 37.3 Å². The zero-order chi connectivity index (χ0) is 22.3. The summed E-state index contributed by atoms with van der Waals surface area (Å²) in [6, 6.07) is 12.6. The van der Waals surface area contributed by atoms with Crippen molar-refractivity contribution >= 4 is 29.9 Å². The molecule has 1 aliphatic rings. The van der Waals surface area contributed by atoms with E-state index in [-0.39, 0.29) is 43.1 Å². The second kappa shape index (κ2) is 11.7. The van der Waals surface area contributed by atoms with Gasteiger partial charge in [0.05, 0.1) is 18.8 Å². The van der Waals surface area contributed by atoms with Gasteiger partial charge in [-0.2, -0.15) is 8.78 Å². The number of guanidine groups is 1. The number of nitrogens with zero attached hydrogens (tertiary/aromatic N) is 2. The zero-order valence-electron chi connectivity index (χ0n) is 17.7. The van der Waals surface area contributed by atoms with Crippen LogP contribution in [-0.4, -0.2) is 30.9 Å². The van der Waals surface area contributed by atoms with Crippen molar-refractivity contribution in [2.75, 3.05) is 13.3 Å². The first kappa shape index (κ1) is 24.6. The quantitative estimate of drug-likeness (QED) is 0.233. The minimum absolute atomic E-state index is 0. The van der Waals surface area contributed by atoms with Crippen LogP contribution in [0.1, 0.15) is 18.2 Å². The van der Waals surface area contributed by atoms with E-state index in [1.54, 1.807) is 12.3 Å². The van der Waals surface area contributed by atoms with Crippen LogP contribution in [0.4, 0.5) is 8.78 Å². The summed E-state index contributed by atoms with van der Waals surface area (Å²) in [5.74, 6) is 1.83. The van der Waals surface area contributed by atoms with Gasteiger partial charge in [-0.25, -0.2) is 9.98 Å². The van der Waals surface area contributed by atoms with Crippen molar-refractivity contribution in [3.8, 4) is 28.7 Å². The van der Waals surface area contributed by atoms with Crippen molar-refractivity contribution in [1.82, 2.24) is 15.6 Å². The lowest BCUT2D eigenvalue weighted by atomic mass is 10.1. The number of halogens is 3. The molecule has 0 amide bonds. The molecule has 0 bridgehead atoms. The predicted molar refractivity (Wildman–Crippen MR) is 128 cm³/mol. The largest absolute Gasteiger partial charge is 0.454 e. The monoisotopic (exact) mass is 572 g/mol. The lowest BCUT2D eigenvalue weighted by Crippen LogP contribution is -2.36. The van der Waals surface area contributed by atoms with Crippen molar-refractivity contribution in [3.05, 3.63) is 60.0 Å². The number of aromatic nitrogens is 1. The van der Waals surface area contributed by atoms with E-state index in [9.17, 15) is 8.78 Å². The maximum atomic E-state index is 12.8. The SMILES string of the molecule is CCNC(=NCc1cc2c(cc1OC(F)F)OCO2)NCc1coc(-c2ccccc2)n1.I. The Bertz CT molecular complexity index is 1080. The van der Waals surface area contributed by atoms with Gasteiger partial charge >= 0.3 is 6.61 Å². The molecule has 176 valence electrons. The van der Waals surface area contributed by atoms with Crippen LogP contribution in [0, 0.1) is 0 Å². The number of alkyl halides is 2. The molecule has 0 aliphatic carbocycles. The molecule has 0 radical (unpaired) electrons. The Morgan fingerprint density at radius 2 is 1.91 bits per heavy atom. The normalized spacial score (nSPS) is 12.4. The Hall–Kier alpha value is -3.09. The van der Waals surface area contributed by atoms with E-state index in [4.69, 9.17) is 13.9 Å². The molecule has 0 atom stereocenters. The van der Waals surface area contributed by atoms with E-state index in [0.717, 1.165) is 5.56 Å². The number of hydrogen-bond acceptors (Lipinski definition) is 6. The van der Waals surface area contributed by atoms with Crippen molar-refractivity contribution < 1.29 is 27.4 Å². The topological polar surface area (TPSA) is 90.1 Å². The van der Waals surface area contributed by atoms with E-state index in [2.05, 4.69) is 25.3 Å². The van der Waals surface area contributed by atoms with Gasteiger partial charge in [-0.1, -0.05) is 18.2 Å². The maximum absolute atomic E-state index is 12.8. The van der Waals surface area contributed by atoms with E-state index in [0.29, 0.717) is 47.7 Å². The number of rotatable bonds is 8. The Kier molecular flexibility index (Phi) is 8.69. The van der Waals surface area contributed by atoms with Gasteiger partial charge in [0.2, 0.25) is 12.7 Å². The molecule has 2 N–H and O–H groups in total. The molecule has 4 rings (SSSR count). The van der Waals surface area contributed by atoms with E-state index >= 15 is 0 Å². The number of hydrogen-bond donors (Lipinski definition) is 2. The van der Waals surface area contributed by atoms with Gasteiger partial charge in [-0.15, -0.1) is 24.0 Å². The Balaban J connectivity index is 0.00000306. The summed E-state index contributed by atoms with van der Waals surface area (Å²) < 4.78 is 46.4. The van der Waals surface area contributed by atoms with E-state index in [1.165, 1.54) is 6.07 Å². The number of benzene rings is 2. The summed E-state index contributed by atoms with van der Waals surface area (Å²) in [5.41, 5.74) is 2.02. The van der Waals surface area contributed by atoms with Gasteiger partial charge in [0.15, 0.2) is 17.5 Å². The van der Waals surface area contributed by atoms with Crippen LogP contribution < -0.4 is 24.8 Å². The summed E-state index contributed by atoms with van der Waals surface area (Å²) in [6.07, 6.45) is 1.57. The van der Waals surface area contributed by atoms with Gasteiger partial charge in [0.1, 0.15) is 12.0 Å². The highest BCUT2D eigenvalue weighted by molar-refractivity contribution is 14.0. The van der Waals surface area contributed by atoms with Crippen molar-refractivity contribution in [2.24, 2.45) is 4.99 Å². The first-order valence-corrected chi connectivity index (χ1v) is 10.0. The maximum Gasteiger partial charge on any atom is 0.387 e. The second-order valence-electron chi connectivity index (χ2n) is 6.75. The fourth-order valence-electron chi connectivity index (χ4n) is 3.08. The smallest absolute Gasteiger partial charge is 0.387 e. The average Bonchev–Trinajstić information content (AvgIpc) is 3.45. The lowest BCUT2D eigenvalue weighted by molar-refractivity contribution is -0.0505. The zero-order valence-corrected chi connectivity index (χ0v) is 20.0. The molecule has 0 saturated carbocycles. The summed E-state index contributed by atoms with van der Waals surface area (Å²) in [5, 5.41) is 6.27. The highest BCUT2D eigenvalue weighted by Gasteiger charge is 2.20. The molecular formula is C22H23F2IN4O4. The van der Waals surface area contributed by atoms with Crippen LogP contribution in [-0.2, 0) is 13.1 Å². The average molecular weight is 572 g/mol. The molecule has 1 aliphatic heterocycles. The molecule has 0 saturated heterocycles. The molecule has 33 heavy (non-hydrogen) atoms. The third-order valence-electron chi connectivity index (χ3n) is 4.53. The third-order valence-corrected chi connectivity index (χ3v) is 4.53. The van der Waals surface area contributed by atoms with Gasteiger partial charge in [0.25, 0.3) is 0 Å². The van der Waals surface area contributed by atoms with Crippen molar-refractivity contribution in [1.29, 1.82) is 0 Å². The summed E-state index contributed by atoms with van der Waals surface area (Å²) in [6.45, 7) is 0.0543. The van der Waals surface area contributed by atoms with Crippen molar-refractivity contribution in [2.45, 2.75) is 26.6 Å². The fourth-order valence-corrected chi connectivity index (χ4v) is 3.08. The second-order valence-corrected chi connectivity index (χ2v) is 6.75. The minimum atomic E-state index is -2.96. The fraction of sp³-hybridized carbons (Fsp3) is 0.273. The molecule has 0 spiro atoms. The summed E-state index contributed by atoms with van der Waals surface area (Å²) >= 11 is 0. The van der Waals surface area contributed by atoms with Gasteiger partial charge < -0.3 is 29.3 Å². The third kappa shape index (κ3) is 6.46. The number of fused-ring (bicyclic) bond motifs is 1. The Morgan fingerprint density at radius 1 is 1.15 bits per heavy atom. The first-order chi connectivity index (χ1) is 15.6. The highest BCUT2D eigenvalue weighted by Crippen LogP contribution is 2.39. The highest BCUT2D eigenvalue weighted by atomic mass is 127. The molecular weight excluding hydrogens is 549 g/mol. The summed E-state index contributed by atoms with van der Waals surface area (Å²) in [4.78, 5) is 8.94. The Morgan fingerprint density at radius 3 is 2.64 bits per heavy atom. The number of ether oxygens (including phenoxy) is 3. The first-order valence-electron chi connectivity index (χ1n) is 10.0. The van der Waals surface area contributed by atoms with Crippen LogP contribution in [0.2, 0.25) is 0 Å². The van der Waals surface area contributed by atoms with Gasteiger partial charge in [-0.05, 0) is 25.1 Å². The molecule has 2 heterocycles.